The van der Waals surface area contributed by atoms with Gasteiger partial charge in [0.2, 0.25) is 5.91 Å². The molecule has 0 spiro atoms. The molecule has 1 amide bonds. The van der Waals surface area contributed by atoms with Crippen LogP contribution < -0.4 is 5.32 Å². The molecule has 1 fully saturated rings. The molecule has 5 nitrogen and oxygen atoms in total. The number of aromatic nitrogens is 2. The molecule has 1 N–H and O–H groups in total. The van der Waals surface area contributed by atoms with Crippen molar-refractivity contribution in [1.29, 1.82) is 0 Å². The van der Waals surface area contributed by atoms with Gasteiger partial charge >= 0.3 is 0 Å². The minimum atomic E-state index is -0.131. The first-order chi connectivity index (χ1) is 9.72. The van der Waals surface area contributed by atoms with E-state index in [4.69, 9.17) is 4.52 Å². The lowest BCUT2D eigenvalue weighted by Crippen LogP contribution is -2.22. The number of rotatable bonds is 2. The van der Waals surface area contributed by atoms with Gasteiger partial charge in [-0.05, 0) is 25.3 Å². The Labute approximate surface area is 115 Å². The van der Waals surface area contributed by atoms with Crippen LogP contribution in [0.1, 0.15) is 49.7 Å². The van der Waals surface area contributed by atoms with Gasteiger partial charge in [0.15, 0.2) is 5.82 Å². The number of nitrogens with one attached hydrogen (secondary N) is 1. The molecule has 1 aromatic rings. The maximum absolute atomic E-state index is 13.0. The molecule has 3 rings (SSSR count). The molecule has 1 aliphatic heterocycles. The number of carbonyl (C=O) groups excluding carboxylic acids is 1. The van der Waals surface area contributed by atoms with Gasteiger partial charge < -0.3 is 9.84 Å². The molecule has 20 heavy (non-hydrogen) atoms. The van der Waals surface area contributed by atoms with Gasteiger partial charge in [0, 0.05) is 30.9 Å². The van der Waals surface area contributed by atoms with E-state index in [0.717, 1.165) is 18.4 Å². The van der Waals surface area contributed by atoms with Crippen molar-refractivity contribution in [2.45, 2.75) is 38.0 Å². The van der Waals surface area contributed by atoms with Gasteiger partial charge in [0.05, 0.1) is 0 Å². The molecule has 2 heterocycles. The molecule has 0 radical (unpaired) electrons. The van der Waals surface area contributed by atoms with Crippen LogP contribution in [-0.4, -0.2) is 22.6 Å². The van der Waals surface area contributed by atoms with Crippen LogP contribution in [0.3, 0.4) is 0 Å². The Hall–Kier alpha value is -1.98. The maximum Gasteiger partial charge on any atom is 0.253 e. The Bertz CT molecular complexity index is 577. The maximum atomic E-state index is 13.0. The summed E-state index contributed by atoms with van der Waals surface area (Å²) in [6.45, 7) is 0.704. The Morgan fingerprint density at radius 3 is 3.05 bits per heavy atom. The lowest BCUT2D eigenvalue weighted by atomic mass is 9.99. The zero-order valence-corrected chi connectivity index (χ0v) is 11.1. The van der Waals surface area contributed by atoms with Crippen molar-refractivity contribution in [2.24, 2.45) is 0 Å². The van der Waals surface area contributed by atoms with E-state index in [9.17, 15) is 9.18 Å². The highest BCUT2D eigenvalue weighted by atomic mass is 19.1. The number of hydrogen-bond acceptors (Lipinski definition) is 4. The average molecular weight is 277 g/mol. The van der Waals surface area contributed by atoms with Gasteiger partial charge in [-0.1, -0.05) is 11.2 Å². The molecule has 0 bridgehead atoms. The zero-order chi connectivity index (χ0) is 13.9. The quantitative estimate of drug-likeness (QED) is 0.901. The smallest absolute Gasteiger partial charge is 0.253 e. The van der Waals surface area contributed by atoms with Crippen molar-refractivity contribution in [3.05, 3.63) is 29.7 Å². The largest absolute Gasteiger partial charge is 0.356 e. The van der Waals surface area contributed by atoms with Crippen LogP contribution in [0.4, 0.5) is 4.39 Å². The molecule has 106 valence electrons. The normalized spacial score (nSPS) is 23.6. The standard InChI is InChI=1S/C14H16FN3O2/c15-11-5-3-9(4-6-11)14-17-13(18-20-14)10-2-1-7-16-12(19)8-10/h3,5,10H,1-2,4,6-8H2,(H,16,19). The highest BCUT2D eigenvalue weighted by Gasteiger charge is 2.24. The van der Waals surface area contributed by atoms with Crippen molar-refractivity contribution in [1.82, 2.24) is 15.5 Å². The number of carbonyl (C=O) groups is 1. The lowest BCUT2D eigenvalue weighted by molar-refractivity contribution is -0.121. The molecular weight excluding hydrogens is 261 g/mol. The zero-order valence-electron chi connectivity index (χ0n) is 11.1. The Morgan fingerprint density at radius 1 is 1.35 bits per heavy atom. The number of hydrogen-bond donors (Lipinski definition) is 1. The van der Waals surface area contributed by atoms with Crippen molar-refractivity contribution in [3.63, 3.8) is 0 Å². The summed E-state index contributed by atoms with van der Waals surface area (Å²) in [4.78, 5) is 15.9. The van der Waals surface area contributed by atoms with E-state index >= 15 is 0 Å². The Morgan fingerprint density at radius 2 is 2.25 bits per heavy atom. The second-order valence-electron chi connectivity index (χ2n) is 5.16. The van der Waals surface area contributed by atoms with Crippen LogP contribution in [0.25, 0.3) is 5.57 Å². The fourth-order valence-corrected chi connectivity index (χ4v) is 2.52. The fraction of sp³-hybridized carbons (Fsp3) is 0.500. The van der Waals surface area contributed by atoms with Crippen LogP contribution in [0.15, 0.2) is 22.5 Å². The van der Waals surface area contributed by atoms with Gasteiger partial charge in [0.25, 0.3) is 5.89 Å². The molecular formula is C14H16FN3O2. The van der Waals surface area contributed by atoms with E-state index in [1.54, 1.807) is 6.08 Å². The van der Waals surface area contributed by atoms with E-state index in [-0.39, 0.29) is 17.7 Å². The molecule has 1 aromatic heterocycles. The highest BCUT2D eigenvalue weighted by molar-refractivity contribution is 5.77. The van der Waals surface area contributed by atoms with E-state index in [1.165, 1.54) is 6.08 Å². The minimum Gasteiger partial charge on any atom is -0.356 e. The van der Waals surface area contributed by atoms with Crippen molar-refractivity contribution >= 4 is 11.5 Å². The summed E-state index contributed by atoms with van der Waals surface area (Å²) < 4.78 is 18.2. The first-order valence-electron chi connectivity index (χ1n) is 6.88. The van der Waals surface area contributed by atoms with Crippen LogP contribution in [0.5, 0.6) is 0 Å². The van der Waals surface area contributed by atoms with Crippen molar-refractivity contribution in [2.75, 3.05) is 6.54 Å². The van der Waals surface area contributed by atoms with Crippen LogP contribution in [0.2, 0.25) is 0 Å². The molecule has 1 aliphatic carbocycles. The third-order valence-corrected chi connectivity index (χ3v) is 3.66. The summed E-state index contributed by atoms with van der Waals surface area (Å²) in [5.41, 5.74) is 0.850. The Kier molecular flexibility index (Phi) is 3.62. The Balaban J connectivity index is 1.78. The molecule has 1 unspecified atom stereocenters. The minimum absolute atomic E-state index is 0.00599. The summed E-state index contributed by atoms with van der Waals surface area (Å²) >= 11 is 0. The summed E-state index contributed by atoms with van der Waals surface area (Å²) in [5.74, 6) is 0.919. The number of amides is 1. The average Bonchev–Trinajstić information content (AvgIpc) is 2.83. The molecule has 1 atom stereocenters. The number of nitrogens with zero attached hydrogens (tertiary/aromatic N) is 2. The summed E-state index contributed by atoms with van der Waals surface area (Å²) in [6.07, 6.45) is 6.22. The van der Waals surface area contributed by atoms with E-state index in [0.29, 0.717) is 37.5 Å². The SMILES string of the molecule is O=C1CC(c2noc(C3=CC=C(F)CC3)n2)CCCN1. The van der Waals surface area contributed by atoms with E-state index in [2.05, 4.69) is 15.5 Å². The third kappa shape index (κ3) is 2.79. The van der Waals surface area contributed by atoms with E-state index < -0.39 is 0 Å². The van der Waals surface area contributed by atoms with Crippen LogP contribution in [0, 0.1) is 0 Å². The monoisotopic (exact) mass is 277 g/mol. The predicted octanol–water partition coefficient (Wildman–Crippen LogP) is 2.48. The van der Waals surface area contributed by atoms with E-state index in [1.807, 2.05) is 0 Å². The molecule has 6 heteroatoms. The molecule has 0 aromatic carbocycles. The fourth-order valence-electron chi connectivity index (χ4n) is 2.52. The van der Waals surface area contributed by atoms with Gasteiger partial charge in [-0.25, -0.2) is 4.39 Å². The van der Waals surface area contributed by atoms with Gasteiger partial charge in [-0.2, -0.15) is 4.98 Å². The summed E-state index contributed by atoms with van der Waals surface area (Å²) in [6, 6.07) is 0. The second kappa shape index (κ2) is 5.56. The van der Waals surface area contributed by atoms with Crippen molar-refractivity contribution in [3.8, 4) is 0 Å². The first-order valence-corrected chi connectivity index (χ1v) is 6.88. The topological polar surface area (TPSA) is 68.0 Å². The third-order valence-electron chi connectivity index (χ3n) is 3.66. The summed E-state index contributed by atoms with van der Waals surface area (Å²) in [7, 11) is 0. The number of halogens is 1. The van der Waals surface area contributed by atoms with Gasteiger partial charge in [-0.3, -0.25) is 4.79 Å². The molecule has 0 saturated carbocycles. The van der Waals surface area contributed by atoms with Gasteiger partial charge in [-0.15, -0.1) is 0 Å². The van der Waals surface area contributed by atoms with Gasteiger partial charge in [0.1, 0.15) is 5.83 Å². The summed E-state index contributed by atoms with van der Waals surface area (Å²) in [5, 5.41) is 6.82. The first kappa shape index (κ1) is 13.0. The predicted molar refractivity (Wildman–Crippen MR) is 70.3 cm³/mol. The van der Waals surface area contributed by atoms with Crippen LogP contribution in [-0.2, 0) is 4.79 Å². The second-order valence-corrected chi connectivity index (χ2v) is 5.16. The van der Waals surface area contributed by atoms with Crippen LogP contribution >= 0.6 is 0 Å². The lowest BCUT2D eigenvalue weighted by Gasteiger charge is -2.07. The molecule has 1 saturated heterocycles. The highest BCUT2D eigenvalue weighted by Crippen LogP contribution is 2.29. The van der Waals surface area contributed by atoms with Crippen molar-refractivity contribution < 1.29 is 13.7 Å². The number of allylic oxidation sites excluding steroid dienone is 4. The molecule has 2 aliphatic rings.